The maximum Gasteiger partial charge on any atom is 0.0670 e. The fourth-order valence-corrected chi connectivity index (χ4v) is 0.961. The van der Waals surface area contributed by atoms with Gasteiger partial charge < -0.3 is 5.73 Å². The van der Waals surface area contributed by atoms with Gasteiger partial charge in [-0.1, -0.05) is 12.1 Å². The molecule has 0 fully saturated rings. The van der Waals surface area contributed by atoms with Gasteiger partial charge in [0.25, 0.3) is 0 Å². The second-order valence-corrected chi connectivity index (χ2v) is 2.54. The summed E-state index contributed by atoms with van der Waals surface area (Å²) in [4.78, 5) is 0. The average Bonchev–Trinajstić information content (AvgIpc) is 1.95. The van der Waals surface area contributed by atoms with Gasteiger partial charge in [0.1, 0.15) is 0 Å². The van der Waals surface area contributed by atoms with Gasteiger partial charge in [0.15, 0.2) is 0 Å². The summed E-state index contributed by atoms with van der Waals surface area (Å²) in [5.41, 5.74) is 8.41. The van der Waals surface area contributed by atoms with Gasteiger partial charge in [-0.2, -0.15) is 5.26 Å². The highest BCUT2D eigenvalue weighted by Gasteiger charge is 1.96. The molecule has 0 saturated carbocycles. The summed E-state index contributed by atoms with van der Waals surface area (Å²) in [5.74, 6) is 0. The molecular formula is C9H10N2. The van der Waals surface area contributed by atoms with Crippen LogP contribution in [0.4, 0.5) is 5.69 Å². The lowest BCUT2D eigenvalue weighted by molar-refractivity contribution is 1.26. The maximum absolute atomic E-state index is 8.41. The van der Waals surface area contributed by atoms with Crippen LogP contribution >= 0.6 is 0 Å². The Morgan fingerprint density at radius 2 is 2.27 bits per heavy atom. The van der Waals surface area contributed by atoms with Crippen LogP contribution in [0.15, 0.2) is 18.2 Å². The summed E-state index contributed by atoms with van der Waals surface area (Å²) in [6.07, 6.45) is 0.395. The van der Waals surface area contributed by atoms with Crippen molar-refractivity contribution in [3.8, 4) is 6.07 Å². The number of aryl methyl sites for hydroxylation is 1. The van der Waals surface area contributed by atoms with Crippen LogP contribution in [0.3, 0.4) is 0 Å². The number of hydrogen-bond donors (Lipinski definition) is 1. The molecule has 0 radical (unpaired) electrons. The number of nitrogen functional groups attached to an aromatic ring is 1. The van der Waals surface area contributed by atoms with E-state index >= 15 is 0 Å². The van der Waals surface area contributed by atoms with Crippen molar-refractivity contribution in [2.75, 3.05) is 5.73 Å². The minimum absolute atomic E-state index is 0.395. The van der Waals surface area contributed by atoms with Crippen molar-refractivity contribution in [2.24, 2.45) is 0 Å². The van der Waals surface area contributed by atoms with Gasteiger partial charge in [-0.05, 0) is 24.1 Å². The van der Waals surface area contributed by atoms with Gasteiger partial charge >= 0.3 is 0 Å². The third-order valence-electron chi connectivity index (χ3n) is 1.57. The fraction of sp³-hybridized carbons (Fsp3) is 0.222. The first-order chi connectivity index (χ1) is 5.24. The van der Waals surface area contributed by atoms with E-state index in [1.807, 2.05) is 25.1 Å². The molecule has 0 bridgehead atoms. The Morgan fingerprint density at radius 1 is 1.55 bits per heavy atom. The minimum Gasteiger partial charge on any atom is -0.398 e. The largest absolute Gasteiger partial charge is 0.398 e. The van der Waals surface area contributed by atoms with E-state index in [0.717, 1.165) is 11.1 Å². The van der Waals surface area contributed by atoms with Crippen molar-refractivity contribution in [1.29, 1.82) is 5.26 Å². The molecule has 0 aliphatic carbocycles. The van der Waals surface area contributed by atoms with E-state index in [-0.39, 0.29) is 0 Å². The van der Waals surface area contributed by atoms with E-state index in [2.05, 4.69) is 6.07 Å². The molecular weight excluding hydrogens is 136 g/mol. The van der Waals surface area contributed by atoms with Crippen molar-refractivity contribution >= 4 is 5.69 Å². The van der Waals surface area contributed by atoms with Crippen LogP contribution < -0.4 is 5.73 Å². The quantitative estimate of drug-likeness (QED) is 0.612. The lowest BCUT2D eigenvalue weighted by atomic mass is 10.1. The van der Waals surface area contributed by atoms with Gasteiger partial charge in [0, 0.05) is 5.69 Å². The van der Waals surface area contributed by atoms with Crippen molar-refractivity contribution < 1.29 is 0 Å². The molecule has 0 unspecified atom stereocenters. The van der Waals surface area contributed by atoms with Crippen molar-refractivity contribution in [2.45, 2.75) is 13.3 Å². The molecule has 11 heavy (non-hydrogen) atoms. The molecule has 2 heteroatoms. The molecule has 2 N–H and O–H groups in total. The molecule has 56 valence electrons. The predicted molar refractivity (Wildman–Crippen MR) is 44.9 cm³/mol. The van der Waals surface area contributed by atoms with Crippen LogP contribution in [0.1, 0.15) is 11.1 Å². The topological polar surface area (TPSA) is 49.8 Å². The predicted octanol–water partition coefficient (Wildman–Crippen LogP) is 1.64. The molecule has 0 atom stereocenters. The number of anilines is 1. The first-order valence-electron chi connectivity index (χ1n) is 3.46. The molecule has 0 saturated heterocycles. The number of nitrogens with two attached hydrogens (primary N) is 1. The van der Waals surface area contributed by atoms with E-state index in [4.69, 9.17) is 11.0 Å². The second-order valence-electron chi connectivity index (χ2n) is 2.54. The highest BCUT2D eigenvalue weighted by molar-refractivity contribution is 5.49. The van der Waals surface area contributed by atoms with Crippen molar-refractivity contribution in [3.63, 3.8) is 0 Å². The SMILES string of the molecule is Cc1ccc(CC#N)c(N)c1. The van der Waals surface area contributed by atoms with Crippen LogP contribution in [0, 0.1) is 18.3 Å². The Morgan fingerprint density at radius 3 is 2.82 bits per heavy atom. The molecule has 0 aromatic heterocycles. The van der Waals surface area contributed by atoms with Crippen LogP contribution in [0.2, 0.25) is 0 Å². The van der Waals surface area contributed by atoms with E-state index in [1.54, 1.807) is 0 Å². The Hall–Kier alpha value is -1.49. The van der Waals surface area contributed by atoms with E-state index in [9.17, 15) is 0 Å². The van der Waals surface area contributed by atoms with Crippen LogP contribution in [0.5, 0.6) is 0 Å². The zero-order valence-electron chi connectivity index (χ0n) is 6.46. The number of rotatable bonds is 1. The molecule has 0 spiro atoms. The zero-order valence-corrected chi connectivity index (χ0v) is 6.46. The molecule has 1 aromatic carbocycles. The minimum atomic E-state index is 0.395. The van der Waals surface area contributed by atoms with Gasteiger partial charge in [0.05, 0.1) is 12.5 Å². The molecule has 1 aromatic rings. The highest BCUT2D eigenvalue weighted by atomic mass is 14.6. The monoisotopic (exact) mass is 146 g/mol. The zero-order chi connectivity index (χ0) is 8.27. The summed E-state index contributed by atoms with van der Waals surface area (Å²) >= 11 is 0. The van der Waals surface area contributed by atoms with Gasteiger partial charge in [-0.15, -0.1) is 0 Å². The Kier molecular flexibility index (Phi) is 2.12. The molecule has 0 amide bonds. The summed E-state index contributed by atoms with van der Waals surface area (Å²) in [7, 11) is 0. The summed E-state index contributed by atoms with van der Waals surface area (Å²) < 4.78 is 0. The lowest BCUT2D eigenvalue weighted by Crippen LogP contribution is -1.93. The summed E-state index contributed by atoms with van der Waals surface area (Å²) in [5, 5.41) is 8.41. The number of nitrogens with zero attached hydrogens (tertiary/aromatic N) is 1. The molecule has 0 heterocycles. The fourth-order valence-electron chi connectivity index (χ4n) is 0.961. The Bertz CT molecular complexity index is 297. The third kappa shape index (κ3) is 1.71. The van der Waals surface area contributed by atoms with Crippen LogP contribution in [-0.2, 0) is 6.42 Å². The maximum atomic E-state index is 8.41. The van der Waals surface area contributed by atoms with Crippen LogP contribution in [-0.4, -0.2) is 0 Å². The van der Waals surface area contributed by atoms with Crippen molar-refractivity contribution in [3.05, 3.63) is 29.3 Å². The Labute approximate surface area is 66.3 Å². The van der Waals surface area contributed by atoms with Gasteiger partial charge in [0.2, 0.25) is 0 Å². The molecule has 1 rings (SSSR count). The first kappa shape index (κ1) is 7.62. The van der Waals surface area contributed by atoms with Gasteiger partial charge in [-0.25, -0.2) is 0 Å². The number of nitriles is 1. The number of benzene rings is 1. The van der Waals surface area contributed by atoms with Crippen molar-refractivity contribution in [1.82, 2.24) is 0 Å². The highest BCUT2D eigenvalue weighted by Crippen LogP contribution is 2.13. The first-order valence-corrected chi connectivity index (χ1v) is 3.46. The average molecular weight is 146 g/mol. The lowest BCUT2D eigenvalue weighted by Gasteiger charge is -2.00. The standard InChI is InChI=1S/C9H10N2/c1-7-2-3-8(4-5-10)9(11)6-7/h2-3,6H,4,11H2,1H3. The van der Waals surface area contributed by atoms with Gasteiger partial charge in [-0.3, -0.25) is 0 Å². The normalized spacial score (nSPS) is 9.09. The summed E-state index contributed by atoms with van der Waals surface area (Å²) in [6.45, 7) is 1.98. The van der Waals surface area contributed by atoms with E-state index in [1.165, 1.54) is 0 Å². The second kappa shape index (κ2) is 3.07. The smallest absolute Gasteiger partial charge is 0.0670 e. The summed E-state index contributed by atoms with van der Waals surface area (Å²) in [6, 6.07) is 7.80. The van der Waals surface area contributed by atoms with E-state index < -0.39 is 0 Å². The molecule has 0 aliphatic heterocycles. The Balaban J connectivity index is 3.01. The van der Waals surface area contributed by atoms with E-state index in [0.29, 0.717) is 12.1 Å². The number of hydrogen-bond acceptors (Lipinski definition) is 2. The molecule has 0 aliphatic rings. The molecule has 2 nitrogen and oxygen atoms in total. The van der Waals surface area contributed by atoms with Crippen LogP contribution in [0.25, 0.3) is 0 Å². The third-order valence-corrected chi connectivity index (χ3v) is 1.57.